The van der Waals surface area contributed by atoms with Crippen molar-refractivity contribution in [2.24, 2.45) is 5.92 Å². The summed E-state index contributed by atoms with van der Waals surface area (Å²) < 4.78 is 18.7. The first-order valence-electron chi connectivity index (χ1n) is 14.1. The number of ether oxygens (including phenoxy) is 3. The van der Waals surface area contributed by atoms with Crippen molar-refractivity contribution in [3.63, 3.8) is 0 Å². The summed E-state index contributed by atoms with van der Waals surface area (Å²) in [6.45, 7) is 7.86. The molecule has 1 unspecified atom stereocenters. The van der Waals surface area contributed by atoms with E-state index in [1.807, 2.05) is 32.1 Å². The average Bonchev–Trinajstić information content (AvgIpc) is 3.46. The van der Waals surface area contributed by atoms with E-state index < -0.39 is 0 Å². The van der Waals surface area contributed by atoms with Gasteiger partial charge in [0.1, 0.15) is 18.0 Å². The molecule has 3 aliphatic rings. The fourth-order valence-corrected chi connectivity index (χ4v) is 6.48. The van der Waals surface area contributed by atoms with E-state index in [1.54, 1.807) is 42.0 Å². The normalized spacial score (nSPS) is 26.5. The number of nitrogens with zero attached hydrogens (tertiary/aromatic N) is 1. The van der Waals surface area contributed by atoms with Gasteiger partial charge in [-0.3, -0.25) is 14.2 Å². The predicted molar refractivity (Wildman–Crippen MR) is 159 cm³/mol. The number of carbonyl (C=O) groups excluding carboxylic acids is 3. The summed E-state index contributed by atoms with van der Waals surface area (Å²) in [5.41, 5.74) is 3.51. The van der Waals surface area contributed by atoms with E-state index in [-0.39, 0.29) is 47.9 Å². The molecule has 4 atom stereocenters. The maximum absolute atomic E-state index is 13.6. The molecule has 3 heterocycles. The van der Waals surface area contributed by atoms with Crippen LogP contribution in [0.5, 0.6) is 5.75 Å². The molecule has 1 N–H and O–H groups in total. The molecule has 8 nitrogen and oxygen atoms in total. The van der Waals surface area contributed by atoms with E-state index in [9.17, 15) is 14.4 Å². The van der Waals surface area contributed by atoms with Gasteiger partial charge in [-0.1, -0.05) is 24.3 Å². The average molecular weight is 589 g/mol. The zero-order valence-corrected chi connectivity index (χ0v) is 24.6. The van der Waals surface area contributed by atoms with Crippen LogP contribution in [0.25, 0.3) is 10.9 Å². The fourth-order valence-electron chi connectivity index (χ4n) is 6.35. The molecule has 0 radical (unpaired) electrons. The van der Waals surface area contributed by atoms with Crippen molar-refractivity contribution in [1.82, 2.24) is 9.88 Å². The Labute approximate surface area is 249 Å². The molecule has 1 amide bonds. The second kappa shape index (κ2) is 10.7. The molecule has 2 saturated heterocycles. The highest BCUT2D eigenvalue weighted by Gasteiger charge is 2.61. The van der Waals surface area contributed by atoms with Crippen LogP contribution in [0.4, 0.5) is 0 Å². The highest BCUT2D eigenvalue weighted by molar-refractivity contribution is 6.30. The minimum atomic E-state index is -0.368. The maximum atomic E-state index is 13.6. The van der Waals surface area contributed by atoms with E-state index >= 15 is 0 Å². The number of benzene rings is 2. The second-order valence-corrected chi connectivity index (χ2v) is 11.9. The molecular formula is C33H33ClN2O6. The third kappa shape index (κ3) is 5.03. The number of methoxy groups -OCH3 is 1. The molecule has 0 spiro atoms. The SMILES string of the molecule is C=C1C(=O)O[C@@H]2C3O[C@]3(C)CC/C=C(/NC(=O)Cc3c(C)n(C(=O)c4ccc(Cl)cc4)c4ccc(OC)cc34)CC[C@@H]12. The Kier molecular flexibility index (Phi) is 7.23. The molecule has 0 bridgehead atoms. The van der Waals surface area contributed by atoms with Crippen LogP contribution < -0.4 is 10.1 Å². The van der Waals surface area contributed by atoms with Crippen molar-refractivity contribution in [2.75, 3.05) is 7.11 Å². The molecule has 0 saturated carbocycles. The van der Waals surface area contributed by atoms with Crippen LogP contribution in [0, 0.1) is 12.8 Å². The molecule has 6 rings (SSSR count). The molecule has 9 heteroatoms. The van der Waals surface area contributed by atoms with Crippen molar-refractivity contribution in [3.8, 4) is 5.75 Å². The number of amides is 1. The van der Waals surface area contributed by atoms with Crippen molar-refractivity contribution < 1.29 is 28.6 Å². The number of hydrogen-bond donors (Lipinski definition) is 1. The van der Waals surface area contributed by atoms with Gasteiger partial charge >= 0.3 is 5.97 Å². The van der Waals surface area contributed by atoms with Crippen molar-refractivity contribution in [2.45, 2.75) is 63.8 Å². The van der Waals surface area contributed by atoms with Gasteiger partial charge in [-0.25, -0.2) is 4.79 Å². The number of hydrogen-bond acceptors (Lipinski definition) is 6. The van der Waals surface area contributed by atoms with Crippen LogP contribution in [0.15, 0.2) is 66.4 Å². The van der Waals surface area contributed by atoms with Crippen LogP contribution in [0.1, 0.15) is 54.2 Å². The van der Waals surface area contributed by atoms with Gasteiger partial charge in [0.05, 0.1) is 24.6 Å². The first-order valence-corrected chi connectivity index (χ1v) is 14.5. The summed E-state index contributed by atoms with van der Waals surface area (Å²) in [5.74, 6) is -0.296. The van der Waals surface area contributed by atoms with Crippen LogP contribution in [0.2, 0.25) is 5.02 Å². The Hall–Kier alpha value is -3.88. The largest absolute Gasteiger partial charge is 0.497 e. The Balaban J connectivity index is 1.27. The summed E-state index contributed by atoms with van der Waals surface area (Å²) in [6.07, 6.45) is 4.31. The van der Waals surface area contributed by atoms with E-state index in [4.69, 9.17) is 25.8 Å². The van der Waals surface area contributed by atoms with E-state index in [0.717, 1.165) is 29.5 Å². The van der Waals surface area contributed by atoms with Crippen molar-refractivity contribution >= 4 is 40.3 Å². The van der Waals surface area contributed by atoms with Gasteiger partial charge in [-0.2, -0.15) is 0 Å². The molecule has 42 heavy (non-hydrogen) atoms. The van der Waals surface area contributed by atoms with Gasteiger partial charge < -0.3 is 19.5 Å². The Morgan fingerprint density at radius 3 is 2.71 bits per heavy atom. The minimum absolute atomic E-state index is 0.0665. The van der Waals surface area contributed by atoms with E-state index in [2.05, 4.69) is 11.9 Å². The second-order valence-electron chi connectivity index (χ2n) is 11.5. The summed E-state index contributed by atoms with van der Waals surface area (Å²) >= 11 is 6.04. The highest BCUT2D eigenvalue weighted by atomic mass is 35.5. The number of fused-ring (bicyclic) bond motifs is 4. The zero-order valence-electron chi connectivity index (χ0n) is 23.9. The number of rotatable bonds is 5. The number of esters is 1. The Morgan fingerprint density at radius 1 is 1.21 bits per heavy atom. The molecule has 1 aliphatic carbocycles. The molecule has 2 fully saturated rings. The first kappa shape index (κ1) is 28.2. The summed E-state index contributed by atoms with van der Waals surface area (Å²) in [6, 6.07) is 12.2. The van der Waals surface area contributed by atoms with E-state index in [0.29, 0.717) is 46.0 Å². The molecule has 3 aromatic rings. The molecule has 2 aliphatic heterocycles. The summed E-state index contributed by atoms with van der Waals surface area (Å²) in [7, 11) is 1.58. The number of halogens is 1. The Morgan fingerprint density at radius 2 is 1.98 bits per heavy atom. The van der Waals surface area contributed by atoms with Crippen LogP contribution in [0.3, 0.4) is 0 Å². The predicted octanol–water partition coefficient (Wildman–Crippen LogP) is 5.67. The van der Waals surface area contributed by atoms with Gasteiger partial charge in [0, 0.05) is 38.9 Å². The van der Waals surface area contributed by atoms with Gasteiger partial charge in [0.2, 0.25) is 5.91 Å². The zero-order chi connectivity index (χ0) is 29.8. The van der Waals surface area contributed by atoms with Gasteiger partial charge in [0.25, 0.3) is 5.91 Å². The third-order valence-corrected chi connectivity index (χ3v) is 9.07. The standard InChI is InChI=1S/C33H33ClN2O6/c1-18-24-13-11-22(6-5-15-33(3)30(42-33)29(24)41-32(18)39)35-28(37)17-25-19(2)36(27-14-12-23(40-4)16-26(25)27)31(38)20-7-9-21(34)10-8-20/h6-10,12,14,16,24,29-30H,1,5,11,13,15,17H2,2-4H3,(H,35,37)/b22-6+/t24-,29-,30?,33+/m0/s1. The lowest BCUT2D eigenvalue weighted by atomic mass is 9.84. The van der Waals surface area contributed by atoms with Gasteiger partial charge in [-0.05, 0) is 87.6 Å². The minimum Gasteiger partial charge on any atom is -0.497 e. The summed E-state index contributed by atoms with van der Waals surface area (Å²) in [4.78, 5) is 39.5. The molecule has 1 aromatic heterocycles. The Bertz CT molecular complexity index is 1650. The third-order valence-electron chi connectivity index (χ3n) is 8.82. The number of allylic oxidation sites excluding steroid dienone is 2. The number of aromatic nitrogens is 1. The number of epoxide rings is 1. The smallest absolute Gasteiger partial charge is 0.334 e. The fraction of sp³-hybridized carbons (Fsp3) is 0.364. The first-order chi connectivity index (χ1) is 20.1. The van der Waals surface area contributed by atoms with Crippen LogP contribution >= 0.6 is 11.6 Å². The van der Waals surface area contributed by atoms with Crippen molar-refractivity contribution in [1.29, 1.82) is 0 Å². The topological polar surface area (TPSA) is 99.2 Å². The number of carbonyl (C=O) groups is 3. The highest BCUT2D eigenvalue weighted by Crippen LogP contribution is 2.49. The van der Waals surface area contributed by atoms with Crippen LogP contribution in [-0.4, -0.2) is 47.3 Å². The van der Waals surface area contributed by atoms with Gasteiger partial charge in [-0.15, -0.1) is 0 Å². The lowest BCUT2D eigenvalue weighted by Gasteiger charge is -2.20. The monoisotopic (exact) mass is 588 g/mol. The van der Waals surface area contributed by atoms with Crippen LogP contribution in [-0.2, 0) is 25.5 Å². The maximum Gasteiger partial charge on any atom is 0.334 e. The molecule has 218 valence electrons. The quantitative estimate of drug-likeness (QED) is 0.234. The molecule has 2 aromatic carbocycles. The van der Waals surface area contributed by atoms with Crippen molar-refractivity contribution in [3.05, 3.63) is 88.2 Å². The number of nitrogens with one attached hydrogen (secondary N) is 1. The lowest BCUT2D eigenvalue weighted by Crippen LogP contribution is -2.30. The van der Waals surface area contributed by atoms with Gasteiger partial charge in [0.15, 0.2) is 0 Å². The lowest BCUT2D eigenvalue weighted by molar-refractivity contribution is -0.140. The van der Waals surface area contributed by atoms with E-state index in [1.165, 1.54) is 0 Å². The molecular weight excluding hydrogens is 556 g/mol. The summed E-state index contributed by atoms with van der Waals surface area (Å²) in [5, 5.41) is 4.43.